The molecule has 1 N–H and O–H groups in total. The second-order valence-corrected chi connectivity index (χ2v) is 5.14. The van der Waals surface area contributed by atoms with Gasteiger partial charge >= 0.3 is 0 Å². The summed E-state index contributed by atoms with van der Waals surface area (Å²) in [6, 6.07) is 1.44. The highest BCUT2D eigenvalue weighted by atomic mass is 14.9. The zero-order valence-electron chi connectivity index (χ0n) is 10.2. The molecule has 0 radical (unpaired) electrons. The molecule has 0 aromatic rings. The lowest BCUT2D eigenvalue weighted by atomic mass is 9.81. The fraction of sp³-hybridized carbons (Fsp3) is 1.00. The van der Waals surface area contributed by atoms with E-state index in [1.807, 2.05) is 0 Å². The minimum atomic E-state index is 0.713. The maximum atomic E-state index is 3.71. The molecule has 1 aliphatic carbocycles. The monoisotopic (exact) mass is 197 g/mol. The van der Waals surface area contributed by atoms with E-state index in [1.54, 1.807) is 0 Å². The first-order valence-electron chi connectivity index (χ1n) is 6.48. The van der Waals surface area contributed by atoms with Gasteiger partial charge in [0.1, 0.15) is 0 Å². The smallest absolute Gasteiger partial charge is 0.00438 e. The highest BCUT2D eigenvalue weighted by Crippen LogP contribution is 2.30. The normalized spacial score (nSPS) is 21.6. The van der Waals surface area contributed by atoms with Crippen LogP contribution >= 0.6 is 0 Å². The fourth-order valence-corrected chi connectivity index (χ4v) is 2.38. The predicted molar refractivity (Wildman–Crippen MR) is 63.5 cm³/mol. The zero-order valence-corrected chi connectivity index (χ0v) is 10.2. The highest BCUT2D eigenvalue weighted by molar-refractivity contribution is 4.76. The van der Waals surface area contributed by atoms with Crippen LogP contribution in [0.15, 0.2) is 0 Å². The van der Waals surface area contributed by atoms with Crippen LogP contribution in [-0.2, 0) is 0 Å². The van der Waals surface area contributed by atoms with Crippen molar-refractivity contribution in [3.05, 3.63) is 0 Å². The molecule has 0 bridgehead atoms. The van der Waals surface area contributed by atoms with E-state index in [4.69, 9.17) is 0 Å². The van der Waals surface area contributed by atoms with Crippen molar-refractivity contribution in [3.8, 4) is 0 Å². The molecule has 1 aliphatic rings. The molecule has 1 nitrogen and oxygen atoms in total. The van der Waals surface area contributed by atoms with Gasteiger partial charge in [-0.25, -0.2) is 0 Å². The quantitative estimate of drug-likeness (QED) is 0.655. The Morgan fingerprint density at radius 1 is 1.21 bits per heavy atom. The van der Waals surface area contributed by atoms with Gasteiger partial charge in [-0.2, -0.15) is 0 Å². The second-order valence-electron chi connectivity index (χ2n) is 5.14. The van der Waals surface area contributed by atoms with Crippen molar-refractivity contribution in [1.82, 2.24) is 5.32 Å². The first-order valence-corrected chi connectivity index (χ1v) is 6.48. The van der Waals surface area contributed by atoms with Gasteiger partial charge < -0.3 is 5.32 Å². The van der Waals surface area contributed by atoms with E-state index >= 15 is 0 Å². The summed E-state index contributed by atoms with van der Waals surface area (Å²) in [6.45, 7) is 6.94. The van der Waals surface area contributed by atoms with Crippen LogP contribution < -0.4 is 5.32 Å². The summed E-state index contributed by atoms with van der Waals surface area (Å²) >= 11 is 0. The molecule has 1 rings (SSSR count). The molecule has 84 valence electrons. The number of nitrogens with one attached hydrogen (secondary N) is 1. The van der Waals surface area contributed by atoms with Crippen molar-refractivity contribution in [2.75, 3.05) is 0 Å². The van der Waals surface area contributed by atoms with Gasteiger partial charge in [0.2, 0.25) is 0 Å². The summed E-state index contributed by atoms with van der Waals surface area (Å²) in [5.41, 5.74) is 0. The van der Waals surface area contributed by atoms with Gasteiger partial charge in [-0.1, -0.05) is 39.0 Å². The summed E-state index contributed by atoms with van der Waals surface area (Å²) in [7, 11) is 0. The van der Waals surface area contributed by atoms with Gasteiger partial charge in [0.15, 0.2) is 0 Å². The average Bonchev–Trinajstić information content (AvgIpc) is 2.08. The van der Waals surface area contributed by atoms with Crippen LogP contribution in [0.1, 0.15) is 65.7 Å². The van der Waals surface area contributed by atoms with Crippen LogP contribution in [0.4, 0.5) is 0 Å². The molecule has 0 aliphatic heterocycles. The van der Waals surface area contributed by atoms with Crippen LogP contribution in [0, 0.1) is 5.92 Å². The summed E-state index contributed by atoms with van der Waals surface area (Å²) in [6.07, 6.45) is 9.86. The van der Waals surface area contributed by atoms with Gasteiger partial charge in [-0.3, -0.25) is 0 Å². The third kappa shape index (κ3) is 4.45. The number of unbranched alkanes of at least 4 members (excludes halogenated alkanes) is 1. The molecule has 0 saturated heterocycles. The Bertz CT molecular complexity index is 140. The summed E-state index contributed by atoms with van der Waals surface area (Å²) in [5.74, 6) is 1.04. The van der Waals surface area contributed by atoms with Gasteiger partial charge in [0.25, 0.3) is 0 Å². The Morgan fingerprint density at radius 3 is 2.43 bits per heavy atom. The van der Waals surface area contributed by atoms with Crippen molar-refractivity contribution in [2.45, 2.75) is 77.8 Å². The van der Waals surface area contributed by atoms with Gasteiger partial charge in [0.05, 0.1) is 0 Å². The van der Waals surface area contributed by atoms with Crippen molar-refractivity contribution in [2.24, 2.45) is 5.92 Å². The maximum Gasteiger partial charge on any atom is 0.00438 e. The van der Waals surface area contributed by atoms with E-state index in [0.717, 1.165) is 12.0 Å². The third-order valence-electron chi connectivity index (χ3n) is 3.47. The first-order chi connectivity index (χ1) is 6.72. The van der Waals surface area contributed by atoms with Crippen LogP contribution in [0.3, 0.4) is 0 Å². The van der Waals surface area contributed by atoms with E-state index < -0.39 is 0 Å². The highest BCUT2D eigenvalue weighted by Gasteiger charge is 2.20. The van der Waals surface area contributed by atoms with Crippen molar-refractivity contribution < 1.29 is 0 Å². The minimum Gasteiger partial charge on any atom is -0.312 e. The average molecular weight is 197 g/mol. The molecule has 1 heteroatoms. The summed E-state index contributed by atoms with van der Waals surface area (Å²) in [4.78, 5) is 0. The zero-order chi connectivity index (χ0) is 10.4. The first kappa shape index (κ1) is 12.0. The molecule has 0 amide bonds. The molecule has 2 atom stereocenters. The molecule has 0 aromatic heterocycles. The van der Waals surface area contributed by atoms with Crippen molar-refractivity contribution >= 4 is 0 Å². The number of hydrogen-bond acceptors (Lipinski definition) is 1. The Kier molecular flexibility index (Phi) is 5.54. The van der Waals surface area contributed by atoms with E-state index in [0.29, 0.717) is 6.04 Å². The molecule has 1 saturated carbocycles. The Hall–Kier alpha value is -0.0400. The SMILES string of the molecule is CCCCC(C)NC(C)CC1CCC1. The van der Waals surface area contributed by atoms with Crippen LogP contribution in [0.2, 0.25) is 0 Å². The molecular weight excluding hydrogens is 170 g/mol. The van der Waals surface area contributed by atoms with Gasteiger partial charge in [-0.15, -0.1) is 0 Å². The predicted octanol–water partition coefficient (Wildman–Crippen LogP) is 3.73. The molecule has 2 unspecified atom stereocenters. The Balaban J connectivity index is 2.02. The van der Waals surface area contributed by atoms with Crippen LogP contribution in [-0.4, -0.2) is 12.1 Å². The number of hydrogen-bond donors (Lipinski definition) is 1. The lowest BCUT2D eigenvalue weighted by molar-refractivity contribution is 0.257. The minimum absolute atomic E-state index is 0.713. The Morgan fingerprint density at radius 2 is 1.93 bits per heavy atom. The Labute approximate surface area is 89.7 Å². The number of rotatable bonds is 7. The molecule has 0 aromatic carbocycles. The second kappa shape index (κ2) is 6.44. The summed E-state index contributed by atoms with van der Waals surface area (Å²) in [5, 5.41) is 3.71. The third-order valence-corrected chi connectivity index (χ3v) is 3.47. The lowest BCUT2D eigenvalue weighted by Gasteiger charge is -2.30. The lowest BCUT2D eigenvalue weighted by Crippen LogP contribution is -2.36. The van der Waals surface area contributed by atoms with Gasteiger partial charge in [0, 0.05) is 12.1 Å². The molecular formula is C13H27N. The van der Waals surface area contributed by atoms with Crippen molar-refractivity contribution in [3.63, 3.8) is 0 Å². The topological polar surface area (TPSA) is 12.0 Å². The molecule has 14 heavy (non-hydrogen) atoms. The van der Waals surface area contributed by atoms with Crippen molar-refractivity contribution in [1.29, 1.82) is 0 Å². The van der Waals surface area contributed by atoms with E-state index in [1.165, 1.54) is 44.9 Å². The maximum absolute atomic E-state index is 3.71. The van der Waals surface area contributed by atoms with E-state index in [9.17, 15) is 0 Å². The van der Waals surface area contributed by atoms with Crippen LogP contribution in [0.5, 0.6) is 0 Å². The summed E-state index contributed by atoms with van der Waals surface area (Å²) < 4.78 is 0. The van der Waals surface area contributed by atoms with Crippen LogP contribution in [0.25, 0.3) is 0 Å². The fourth-order valence-electron chi connectivity index (χ4n) is 2.38. The molecule has 1 fully saturated rings. The van der Waals surface area contributed by atoms with Gasteiger partial charge in [-0.05, 0) is 32.6 Å². The van der Waals surface area contributed by atoms with E-state index in [-0.39, 0.29) is 0 Å². The molecule has 0 heterocycles. The van der Waals surface area contributed by atoms with E-state index in [2.05, 4.69) is 26.1 Å². The standard InChI is InChI=1S/C13H27N/c1-4-5-7-11(2)14-12(3)10-13-8-6-9-13/h11-14H,4-10H2,1-3H3. The molecule has 0 spiro atoms. The largest absolute Gasteiger partial charge is 0.312 e.